The van der Waals surface area contributed by atoms with Crippen LogP contribution in [0.5, 0.6) is 0 Å². The minimum atomic E-state index is -1.49. The zero-order valence-corrected chi connectivity index (χ0v) is 11.2. The number of nitro benzene ring substituents is 2. The molecule has 0 fully saturated rings. The first-order chi connectivity index (χ1) is 10.8. The zero-order chi connectivity index (χ0) is 17.1. The number of hydrogen-bond acceptors (Lipinski definition) is 6. The maximum absolute atomic E-state index is 13.2. The summed E-state index contributed by atoms with van der Waals surface area (Å²) in [7, 11) is 0. The molecule has 0 unspecified atom stereocenters. The van der Waals surface area contributed by atoms with Gasteiger partial charge in [0.15, 0.2) is 5.69 Å². The fraction of sp³-hybridized carbons (Fsp3) is 0. The number of carboxylic acid groups (broad SMARTS) is 1. The number of nitrogens with one attached hydrogen (secondary N) is 1. The minimum absolute atomic E-state index is 0.212. The van der Waals surface area contributed by atoms with E-state index < -0.39 is 44.3 Å². The fourth-order valence-electron chi connectivity index (χ4n) is 1.90. The Hall–Kier alpha value is -3.56. The maximum Gasteiger partial charge on any atom is 0.337 e. The summed E-state index contributed by atoms with van der Waals surface area (Å²) >= 11 is 0. The Balaban J connectivity index is 2.63. The number of benzene rings is 2. The number of anilines is 2. The highest BCUT2D eigenvalue weighted by molar-refractivity contribution is 5.96. The van der Waals surface area contributed by atoms with Crippen molar-refractivity contribution >= 4 is 28.7 Å². The van der Waals surface area contributed by atoms with Gasteiger partial charge in [0.25, 0.3) is 11.4 Å². The fourth-order valence-corrected chi connectivity index (χ4v) is 1.90. The molecule has 0 spiro atoms. The first kappa shape index (κ1) is 15.8. The van der Waals surface area contributed by atoms with Gasteiger partial charge >= 0.3 is 5.97 Å². The first-order valence-electron chi connectivity index (χ1n) is 6.03. The third-order valence-electron chi connectivity index (χ3n) is 2.89. The molecular weight excluding hydrogens is 313 g/mol. The van der Waals surface area contributed by atoms with Crippen molar-refractivity contribution in [2.24, 2.45) is 0 Å². The number of rotatable bonds is 5. The first-order valence-corrected chi connectivity index (χ1v) is 6.03. The van der Waals surface area contributed by atoms with Crippen LogP contribution in [0.1, 0.15) is 10.4 Å². The van der Waals surface area contributed by atoms with E-state index in [1.807, 2.05) is 0 Å². The number of carboxylic acids is 1. The van der Waals surface area contributed by atoms with Crippen LogP contribution in [0.15, 0.2) is 36.4 Å². The number of aromatic carboxylic acids is 1. The topological polar surface area (TPSA) is 136 Å². The predicted octanol–water partition coefficient (Wildman–Crippen LogP) is 3.08. The van der Waals surface area contributed by atoms with Crippen molar-refractivity contribution in [3.63, 3.8) is 0 Å². The van der Waals surface area contributed by atoms with Crippen LogP contribution in [0.4, 0.5) is 27.1 Å². The van der Waals surface area contributed by atoms with Crippen LogP contribution in [0, 0.1) is 26.0 Å². The van der Waals surface area contributed by atoms with Gasteiger partial charge in [0.1, 0.15) is 5.82 Å². The molecule has 0 saturated heterocycles. The van der Waals surface area contributed by atoms with Gasteiger partial charge in [0, 0.05) is 12.1 Å². The largest absolute Gasteiger partial charge is 0.478 e. The summed E-state index contributed by atoms with van der Waals surface area (Å²) in [6.45, 7) is 0. The van der Waals surface area contributed by atoms with Crippen molar-refractivity contribution in [3.05, 3.63) is 68.0 Å². The SMILES string of the molecule is O=C(O)c1cc(F)ccc1Nc1c([N+](=O)[O-])cccc1[N+](=O)[O-]. The van der Waals surface area contributed by atoms with Crippen molar-refractivity contribution in [2.45, 2.75) is 0 Å². The van der Waals surface area contributed by atoms with Gasteiger partial charge in [-0.05, 0) is 24.3 Å². The van der Waals surface area contributed by atoms with Gasteiger partial charge in [0.05, 0.1) is 21.1 Å². The van der Waals surface area contributed by atoms with Gasteiger partial charge in [0.2, 0.25) is 0 Å². The summed E-state index contributed by atoms with van der Waals surface area (Å²) in [5.74, 6) is -2.32. The van der Waals surface area contributed by atoms with Crippen molar-refractivity contribution in [1.29, 1.82) is 0 Å². The number of para-hydroxylation sites is 1. The van der Waals surface area contributed by atoms with Gasteiger partial charge < -0.3 is 10.4 Å². The van der Waals surface area contributed by atoms with E-state index in [9.17, 15) is 29.4 Å². The van der Waals surface area contributed by atoms with E-state index in [0.717, 1.165) is 30.3 Å². The Labute approximate surface area is 127 Å². The van der Waals surface area contributed by atoms with Crippen LogP contribution in [0.3, 0.4) is 0 Å². The molecule has 0 aromatic heterocycles. The van der Waals surface area contributed by atoms with Crippen LogP contribution in [0.25, 0.3) is 0 Å². The number of halogens is 1. The molecule has 0 atom stereocenters. The number of nitrogens with zero attached hydrogens (tertiary/aromatic N) is 2. The maximum atomic E-state index is 13.2. The summed E-state index contributed by atoms with van der Waals surface area (Å²) in [5, 5.41) is 33.5. The lowest BCUT2D eigenvalue weighted by Crippen LogP contribution is -2.06. The molecule has 0 saturated carbocycles. The molecule has 0 aliphatic heterocycles. The van der Waals surface area contributed by atoms with E-state index in [2.05, 4.69) is 5.32 Å². The third kappa shape index (κ3) is 3.20. The molecule has 0 radical (unpaired) electrons. The van der Waals surface area contributed by atoms with Gasteiger partial charge in [-0.1, -0.05) is 0 Å². The smallest absolute Gasteiger partial charge is 0.337 e. The van der Waals surface area contributed by atoms with Crippen molar-refractivity contribution in [3.8, 4) is 0 Å². The molecule has 2 N–H and O–H groups in total. The summed E-state index contributed by atoms with van der Waals surface area (Å²) in [6.07, 6.45) is 0. The molecule has 0 aliphatic rings. The second-order valence-electron chi connectivity index (χ2n) is 4.31. The van der Waals surface area contributed by atoms with Crippen LogP contribution < -0.4 is 5.32 Å². The average molecular weight is 321 g/mol. The predicted molar refractivity (Wildman–Crippen MR) is 76.4 cm³/mol. The highest BCUT2D eigenvalue weighted by atomic mass is 19.1. The highest BCUT2D eigenvalue weighted by Crippen LogP contribution is 2.37. The molecule has 2 rings (SSSR count). The highest BCUT2D eigenvalue weighted by Gasteiger charge is 2.26. The second-order valence-corrected chi connectivity index (χ2v) is 4.31. The van der Waals surface area contributed by atoms with Crippen LogP contribution in [-0.4, -0.2) is 20.9 Å². The summed E-state index contributed by atoms with van der Waals surface area (Å²) in [6, 6.07) is 5.84. The van der Waals surface area contributed by atoms with E-state index in [1.54, 1.807) is 0 Å². The van der Waals surface area contributed by atoms with Crippen molar-refractivity contribution < 1.29 is 24.1 Å². The van der Waals surface area contributed by atoms with Crippen molar-refractivity contribution in [2.75, 3.05) is 5.32 Å². The molecular formula is C13H8FN3O6. The summed E-state index contributed by atoms with van der Waals surface area (Å²) in [4.78, 5) is 31.5. The zero-order valence-electron chi connectivity index (χ0n) is 11.2. The van der Waals surface area contributed by atoms with E-state index in [-0.39, 0.29) is 5.69 Å². The molecule has 9 nitrogen and oxygen atoms in total. The van der Waals surface area contributed by atoms with Gasteiger partial charge in [-0.25, -0.2) is 9.18 Å². The van der Waals surface area contributed by atoms with E-state index in [0.29, 0.717) is 6.07 Å². The molecule has 2 aromatic rings. The Kier molecular flexibility index (Phi) is 4.16. The standard InChI is InChI=1S/C13H8FN3O6/c14-7-4-5-9(8(6-7)13(18)19)15-12-10(16(20)21)2-1-3-11(12)17(22)23/h1-6,15H,(H,18,19). The van der Waals surface area contributed by atoms with Crippen LogP contribution in [-0.2, 0) is 0 Å². The quantitative estimate of drug-likeness (QED) is 0.637. The van der Waals surface area contributed by atoms with E-state index >= 15 is 0 Å². The minimum Gasteiger partial charge on any atom is -0.478 e. The molecule has 0 heterocycles. The Morgan fingerprint density at radius 2 is 1.65 bits per heavy atom. The van der Waals surface area contributed by atoms with E-state index in [4.69, 9.17) is 5.11 Å². The Morgan fingerprint density at radius 1 is 1.09 bits per heavy atom. The van der Waals surface area contributed by atoms with Gasteiger partial charge in [-0.15, -0.1) is 0 Å². The molecule has 118 valence electrons. The normalized spacial score (nSPS) is 10.1. The Bertz CT molecular complexity index is 791. The van der Waals surface area contributed by atoms with Gasteiger partial charge in [-0.2, -0.15) is 0 Å². The Morgan fingerprint density at radius 3 is 2.13 bits per heavy atom. The molecule has 10 heteroatoms. The number of hydrogen-bond donors (Lipinski definition) is 2. The monoisotopic (exact) mass is 321 g/mol. The summed E-state index contributed by atoms with van der Waals surface area (Å²) < 4.78 is 13.2. The molecule has 23 heavy (non-hydrogen) atoms. The lowest BCUT2D eigenvalue weighted by Gasteiger charge is -2.10. The lowest BCUT2D eigenvalue weighted by atomic mass is 10.1. The molecule has 0 amide bonds. The summed E-state index contributed by atoms with van der Waals surface area (Å²) in [5.41, 5.74) is -2.44. The lowest BCUT2D eigenvalue weighted by molar-refractivity contribution is -0.392. The van der Waals surface area contributed by atoms with E-state index in [1.165, 1.54) is 0 Å². The van der Waals surface area contributed by atoms with Crippen LogP contribution in [0.2, 0.25) is 0 Å². The van der Waals surface area contributed by atoms with Crippen molar-refractivity contribution in [1.82, 2.24) is 0 Å². The molecule has 0 bridgehead atoms. The third-order valence-corrected chi connectivity index (χ3v) is 2.89. The van der Waals surface area contributed by atoms with Gasteiger partial charge in [-0.3, -0.25) is 20.2 Å². The number of carbonyl (C=O) groups is 1. The number of nitro groups is 2. The average Bonchev–Trinajstić information content (AvgIpc) is 2.48. The molecule has 2 aromatic carbocycles. The van der Waals surface area contributed by atoms with Crippen LogP contribution >= 0.6 is 0 Å². The second kappa shape index (κ2) is 6.05. The molecule has 0 aliphatic carbocycles.